The van der Waals surface area contributed by atoms with Crippen LogP contribution in [0.3, 0.4) is 0 Å². The molecule has 0 aliphatic carbocycles. The highest BCUT2D eigenvalue weighted by Crippen LogP contribution is 1.65. The van der Waals surface area contributed by atoms with E-state index in [0.717, 1.165) is 0 Å². The van der Waals surface area contributed by atoms with Crippen molar-refractivity contribution in [1.29, 1.82) is 0 Å². The van der Waals surface area contributed by atoms with E-state index in [1.807, 2.05) is 0 Å². The highest BCUT2D eigenvalue weighted by atomic mass is 32.1. The molecule has 0 aromatic rings. The third-order valence-electron chi connectivity index (χ3n) is 0.570. The summed E-state index contributed by atoms with van der Waals surface area (Å²) in [6.45, 7) is 0.771. The van der Waals surface area contributed by atoms with Crippen molar-refractivity contribution in [3.05, 3.63) is 0 Å². The van der Waals surface area contributed by atoms with Gasteiger partial charge in [0.1, 0.15) is 13.1 Å². The first-order chi connectivity index (χ1) is 4.91. The van der Waals surface area contributed by atoms with E-state index < -0.39 is 0 Å². The number of rotatable bonds is 2. The van der Waals surface area contributed by atoms with Gasteiger partial charge in [-0.1, -0.05) is 11.8 Å². The minimum absolute atomic E-state index is 0.385. The van der Waals surface area contributed by atoms with E-state index in [2.05, 4.69) is 56.6 Å². The summed E-state index contributed by atoms with van der Waals surface area (Å²) in [5.41, 5.74) is 0. The van der Waals surface area contributed by atoms with Gasteiger partial charge in [-0.05, 0) is 24.4 Å². The molecule has 0 radical (unpaired) electrons. The van der Waals surface area contributed by atoms with Crippen LogP contribution >= 0.6 is 24.4 Å². The third-order valence-corrected chi connectivity index (χ3v) is 0.829. The van der Waals surface area contributed by atoms with Crippen LogP contribution < -0.4 is 0 Å². The van der Waals surface area contributed by atoms with Gasteiger partial charge in [0.15, 0.2) is 0 Å². The first kappa shape index (κ1) is 9.16. The Morgan fingerprint density at radius 1 is 0.900 bits per heavy atom. The van der Waals surface area contributed by atoms with Gasteiger partial charge in [-0.25, -0.2) is 9.98 Å². The molecule has 10 heavy (non-hydrogen) atoms. The summed E-state index contributed by atoms with van der Waals surface area (Å²) < 4.78 is 0. The van der Waals surface area contributed by atoms with Crippen molar-refractivity contribution >= 4 is 34.8 Å². The largest absolute Gasteiger partial charge is 0.219 e. The lowest BCUT2D eigenvalue weighted by Crippen LogP contribution is -1.73. The van der Waals surface area contributed by atoms with Crippen LogP contribution in [0.4, 0.5) is 0 Å². The molecule has 0 N–H and O–H groups in total. The molecule has 4 heteroatoms. The zero-order chi connectivity index (χ0) is 7.66. The maximum absolute atomic E-state index is 4.32. The Kier molecular flexibility index (Phi) is 7.47. The van der Waals surface area contributed by atoms with Crippen LogP contribution in [-0.2, 0) is 0 Å². The minimum atomic E-state index is 0.385. The Morgan fingerprint density at radius 2 is 1.30 bits per heavy atom. The van der Waals surface area contributed by atoms with E-state index in [9.17, 15) is 0 Å². The molecule has 0 rings (SSSR count). The normalized spacial score (nSPS) is 6.00. The van der Waals surface area contributed by atoms with Crippen molar-refractivity contribution in [3.63, 3.8) is 0 Å². The van der Waals surface area contributed by atoms with Crippen molar-refractivity contribution in [1.82, 2.24) is 0 Å². The van der Waals surface area contributed by atoms with Gasteiger partial charge in [0.2, 0.25) is 0 Å². The SMILES string of the molecule is S=C=NCC#CCN=C=S. The average Bonchev–Trinajstić information content (AvgIpc) is 1.97. The zero-order valence-corrected chi connectivity index (χ0v) is 6.76. The monoisotopic (exact) mass is 168 g/mol. The molecule has 0 saturated heterocycles. The van der Waals surface area contributed by atoms with Gasteiger partial charge in [-0.3, -0.25) is 0 Å². The Labute approximate surface area is 70.1 Å². The molecule has 0 aliphatic heterocycles. The molecule has 50 valence electrons. The van der Waals surface area contributed by atoms with Gasteiger partial charge in [0.25, 0.3) is 0 Å². The second-order valence-corrected chi connectivity index (χ2v) is 1.53. The average molecular weight is 168 g/mol. The molecule has 0 atom stereocenters. The van der Waals surface area contributed by atoms with Gasteiger partial charge in [0, 0.05) is 0 Å². The third kappa shape index (κ3) is 7.16. The summed E-state index contributed by atoms with van der Waals surface area (Å²) in [6, 6.07) is 0. The van der Waals surface area contributed by atoms with E-state index in [0.29, 0.717) is 13.1 Å². The number of nitrogens with zero attached hydrogens (tertiary/aromatic N) is 2. The topological polar surface area (TPSA) is 24.7 Å². The zero-order valence-electron chi connectivity index (χ0n) is 5.13. The van der Waals surface area contributed by atoms with Gasteiger partial charge >= 0.3 is 0 Å². The molecular weight excluding hydrogens is 164 g/mol. The number of hydrogen-bond donors (Lipinski definition) is 0. The Bertz CT molecular complexity index is 212. The molecule has 0 unspecified atom stereocenters. The summed E-state index contributed by atoms with van der Waals surface area (Å²) in [4.78, 5) is 7.15. The van der Waals surface area contributed by atoms with Gasteiger partial charge in [0.05, 0.1) is 10.3 Å². The predicted octanol–water partition coefficient (Wildman–Crippen LogP) is 1.20. The number of isothiocyanates is 2. The molecule has 2 nitrogen and oxygen atoms in total. The number of thiocarbonyl (C=S) groups is 2. The minimum Gasteiger partial charge on any atom is -0.219 e. The van der Waals surface area contributed by atoms with E-state index in [1.54, 1.807) is 0 Å². The Morgan fingerprint density at radius 3 is 1.60 bits per heavy atom. The Hall–Kier alpha value is -0.840. The molecule has 0 bridgehead atoms. The summed E-state index contributed by atoms with van der Waals surface area (Å²) in [5.74, 6) is 5.39. The molecule has 0 amide bonds. The van der Waals surface area contributed by atoms with Crippen LogP contribution in [0.2, 0.25) is 0 Å². The van der Waals surface area contributed by atoms with Crippen LogP contribution in [0.25, 0.3) is 0 Å². The lowest BCUT2D eigenvalue weighted by molar-refractivity contribution is 1.28. The van der Waals surface area contributed by atoms with Gasteiger partial charge in [-0.15, -0.1) is 0 Å². The Balaban J connectivity index is 3.49. The lowest BCUT2D eigenvalue weighted by atomic mass is 10.6. The maximum atomic E-state index is 4.32. The quantitative estimate of drug-likeness (QED) is 0.351. The van der Waals surface area contributed by atoms with Crippen LogP contribution in [-0.4, -0.2) is 23.4 Å². The fraction of sp³-hybridized carbons (Fsp3) is 0.333. The second kappa shape index (κ2) is 8.16. The van der Waals surface area contributed by atoms with Crippen molar-refractivity contribution in [2.24, 2.45) is 9.98 Å². The summed E-state index contributed by atoms with van der Waals surface area (Å²) in [6.07, 6.45) is 0. The molecule has 0 heterocycles. The number of hydrogen-bond acceptors (Lipinski definition) is 4. The summed E-state index contributed by atoms with van der Waals surface area (Å²) in [7, 11) is 0. The highest BCUT2D eigenvalue weighted by molar-refractivity contribution is 7.78. The van der Waals surface area contributed by atoms with Crippen molar-refractivity contribution in [3.8, 4) is 11.8 Å². The fourth-order valence-corrected chi connectivity index (χ4v) is 0.385. The smallest absolute Gasteiger partial charge is 0.110 e. The first-order valence-electron chi connectivity index (χ1n) is 2.45. The molecular formula is C6H4N2S2. The second-order valence-electron chi connectivity index (χ2n) is 1.17. The van der Waals surface area contributed by atoms with E-state index in [1.165, 1.54) is 0 Å². The highest BCUT2D eigenvalue weighted by Gasteiger charge is 1.66. The number of aliphatic imine (C=N–C) groups is 2. The summed E-state index contributed by atoms with van der Waals surface area (Å²) in [5, 5.41) is 4.40. The molecule has 0 aliphatic rings. The van der Waals surface area contributed by atoms with Crippen LogP contribution in [0.5, 0.6) is 0 Å². The van der Waals surface area contributed by atoms with Crippen LogP contribution in [0, 0.1) is 11.8 Å². The molecule has 0 aromatic carbocycles. The van der Waals surface area contributed by atoms with Crippen molar-refractivity contribution in [2.75, 3.05) is 13.1 Å². The van der Waals surface area contributed by atoms with E-state index >= 15 is 0 Å². The van der Waals surface area contributed by atoms with E-state index in [4.69, 9.17) is 0 Å². The maximum Gasteiger partial charge on any atom is 0.110 e. The summed E-state index contributed by atoms with van der Waals surface area (Å²) >= 11 is 8.63. The molecule has 0 aromatic heterocycles. The predicted molar refractivity (Wildman–Crippen MR) is 47.6 cm³/mol. The standard InChI is InChI=1S/C6H4N2S2/c9-5-7-3-1-2-4-8-6-10/h3-4H2. The molecule has 0 saturated carbocycles. The first-order valence-corrected chi connectivity index (χ1v) is 3.26. The lowest BCUT2D eigenvalue weighted by Gasteiger charge is -1.71. The van der Waals surface area contributed by atoms with Crippen LogP contribution in [0.15, 0.2) is 9.98 Å². The van der Waals surface area contributed by atoms with Crippen molar-refractivity contribution in [2.45, 2.75) is 0 Å². The fourth-order valence-electron chi connectivity index (χ4n) is 0.255. The molecule has 0 fully saturated rings. The van der Waals surface area contributed by atoms with Gasteiger partial charge in [-0.2, -0.15) is 0 Å². The van der Waals surface area contributed by atoms with Crippen LogP contribution in [0.1, 0.15) is 0 Å². The molecule has 0 spiro atoms. The van der Waals surface area contributed by atoms with Gasteiger partial charge < -0.3 is 0 Å². The van der Waals surface area contributed by atoms with E-state index in [-0.39, 0.29) is 0 Å². The van der Waals surface area contributed by atoms with Crippen molar-refractivity contribution < 1.29 is 0 Å².